The minimum absolute atomic E-state index is 0.00532. The number of rotatable bonds is 13. The van der Waals surface area contributed by atoms with Gasteiger partial charge in [-0.15, -0.1) is 0 Å². The Kier molecular flexibility index (Phi) is 14.9. The Morgan fingerprint density at radius 1 is 0.693 bits per heavy atom. The molecule has 0 bridgehead atoms. The van der Waals surface area contributed by atoms with Crippen LogP contribution >= 0.6 is 0 Å². The highest BCUT2D eigenvalue weighted by Gasteiger charge is 2.42. The number of nitrogens with one attached hydrogen (secondary N) is 4. The molecule has 16 nitrogen and oxygen atoms in total. The van der Waals surface area contributed by atoms with Gasteiger partial charge in [0.2, 0.25) is 11.8 Å². The number of anilines is 2. The Bertz CT molecular complexity index is 3030. The zero-order valence-electron chi connectivity index (χ0n) is 43.8. The zero-order chi connectivity index (χ0) is 52.7. The van der Waals surface area contributed by atoms with E-state index >= 15 is 8.78 Å². The third-order valence-electron chi connectivity index (χ3n) is 16.4. The number of fused-ring (bicyclic) bond motifs is 2. The highest BCUT2D eigenvalue weighted by atomic mass is 19.1. The van der Waals surface area contributed by atoms with Crippen LogP contribution in [0.15, 0.2) is 60.7 Å². The molecule has 2 unspecified atom stereocenters. The summed E-state index contributed by atoms with van der Waals surface area (Å²) in [5.74, 6) is -0.464. The van der Waals surface area contributed by atoms with Gasteiger partial charge in [-0.25, -0.2) is 28.3 Å². The van der Waals surface area contributed by atoms with Crippen LogP contribution < -0.4 is 31.1 Å². The van der Waals surface area contributed by atoms with E-state index in [1.54, 1.807) is 9.80 Å². The van der Waals surface area contributed by atoms with Crippen molar-refractivity contribution in [3.8, 4) is 0 Å². The van der Waals surface area contributed by atoms with Crippen LogP contribution in [-0.2, 0) is 19.1 Å². The van der Waals surface area contributed by atoms with Crippen LogP contribution in [0.3, 0.4) is 0 Å². The predicted octanol–water partition coefficient (Wildman–Crippen LogP) is 8.03. The molecule has 10 rings (SSSR count). The van der Waals surface area contributed by atoms with Crippen LogP contribution in [0.4, 0.5) is 29.7 Å². The van der Waals surface area contributed by atoms with Gasteiger partial charge in [-0.05, 0) is 105 Å². The van der Waals surface area contributed by atoms with Crippen molar-refractivity contribution < 1.29 is 37.4 Å². The summed E-state index contributed by atoms with van der Waals surface area (Å²) in [7, 11) is 2.56. The Labute approximate surface area is 436 Å². The van der Waals surface area contributed by atoms with Crippen molar-refractivity contribution >= 4 is 58.6 Å². The first-order chi connectivity index (χ1) is 36.2. The largest absolute Gasteiger partial charge is 0.453 e. The minimum Gasteiger partial charge on any atom is -0.453 e. The summed E-state index contributed by atoms with van der Waals surface area (Å²) in [5.41, 5.74) is 4.12. The van der Waals surface area contributed by atoms with Crippen molar-refractivity contribution in [2.45, 2.75) is 128 Å². The van der Waals surface area contributed by atoms with Gasteiger partial charge in [-0.1, -0.05) is 76.2 Å². The number of carbonyl (C=O) groups excluding carboxylic acids is 4. The number of aromatic amines is 2. The zero-order valence-corrected chi connectivity index (χ0v) is 43.8. The van der Waals surface area contributed by atoms with Crippen molar-refractivity contribution in [2.75, 3.05) is 50.2 Å². The van der Waals surface area contributed by atoms with E-state index in [9.17, 15) is 19.2 Å². The molecule has 1 aliphatic carbocycles. The standard InChI is InChI=1S/C57H70F2N10O6/c1-32(2)49(64-56(72)74-5)54(70)67-25-11-16-47(67)52-60-41-20-18-35(27-43(41)62-52)45-22-23-46(69(45)38-29-39(58)51(40(59)30-38)66-24-10-15-37(31-66)34-13-8-7-9-14-34)36-19-21-42-44(28-36)63-53(61-42)48-17-12-26-68(48)55(71)50(33(3)4)65-57(73)75-6/h7-9,13-14,18,20-21,27-30,32-33,36-37,45-50H,10-12,15-17,19,22-26,31H2,1-6H3,(H,60,62)(H,61,63)(H,64,72)(H,65,73)/t36?,37?,45-,46-,47+,48+,49+,50+/m1/s1. The highest BCUT2D eigenvalue weighted by Crippen LogP contribution is 2.46. The number of carbonyl (C=O) groups is 4. The van der Waals surface area contributed by atoms with Crippen LogP contribution in [0.2, 0.25) is 0 Å². The molecule has 0 spiro atoms. The van der Waals surface area contributed by atoms with Gasteiger partial charge in [0.25, 0.3) is 0 Å². The van der Waals surface area contributed by atoms with Crippen LogP contribution in [0, 0.1) is 29.4 Å². The molecule has 0 saturated carbocycles. The number of ether oxygens (including phenoxy) is 2. The molecule has 8 atom stereocenters. The summed E-state index contributed by atoms with van der Waals surface area (Å²) in [6, 6.07) is 16.8. The van der Waals surface area contributed by atoms with E-state index in [4.69, 9.17) is 19.4 Å². The van der Waals surface area contributed by atoms with Crippen molar-refractivity contribution in [1.82, 2.24) is 40.4 Å². The number of benzene rings is 3. The summed E-state index contributed by atoms with van der Waals surface area (Å²) in [6.45, 7) is 9.69. The number of hydrogen-bond donors (Lipinski definition) is 4. The molecule has 4 N–H and O–H groups in total. The lowest BCUT2D eigenvalue weighted by molar-refractivity contribution is -0.136. The molecule has 0 radical (unpaired) electrons. The molecule has 5 aromatic rings. The molecule has 5 aliphatic rings. The smallest absolute Gasteiger partial charge is 0.407 e. The van der Waals surface area contributed by atoms with E-state index in [2.05, 4.69) is 55.9 Å². The topological polar surface area (TPSA) is 181 Å². The number of H-pyrrole nitrogens is 2. The number of alkyl carbamates (subject to hydrolysis) is 2. The van der Waals surface area contributed by atoms with Gasteiger partial charge in [0, 0.05) is 49.7 Å². The summed E-state index contributed by atoms with van der Waals surface area (Å²) in [5, 5.41) is 7.09. The quantitative estimate of drug-likeness (QED) is 0.0902. The van der Waals surface area contributed by atoms with Crippen molar-refractivity contribution in [1.29, 1.82) is 0 Å². The van der Waals surface area contributed by atoms with Crippen LogP contribution in [0.25, 0.3) is 23.2 Å². The van der Waals surface area contributed by atoms with Gasteiger partial charge in [-0.2, -0.15) is 0 Å². The molecule has 398 valence electrons. The Morgan fingerprint density at radius 3 is 1.92 bits per heavy atom. The second-order valence-electron chi connectivity index (χ2n) is 21.7. The van der Waals surface area contributed by atoms with Gasteiger partial charge in [0.15, 0.2) is 11.6 Å². The molecule has 6 heterocycles. The molecule has 4 fully saturated rings. The fourth-order valence-corrected chi connectivity index (χ4v) is 12.6. The molecule has 4 saturated heterocycles. The van der Waals surface area contributed by atoms with Crippen LogP contribution in [0.5, 0.6) is 0 Å². The number of methoxy groups -OCH3 is 2. The van der Waals surface area contributed by atoms with E-state index < -0.39 is 35.9 Å². The molecular weight excluding hydrogens is 959 g/mol. The van der Waals surface area contributed by atoms with Crippen LogP contribution in [-0.4, -0.2) is 112 Å². The normalized spacial score (nSPS) is 23.5. The van der Waals surface area contributed by atoms with Gasteiger partial charge in [0.05, 0.1) is 54.1 Å². The SMILES string of the molecule is COC(=O)N[C@H](C(=O)N1CCC[C@H]1c1nc2c([nH]1)=CC([C@H]1CC[C@H](c3ccc4nc([C@@H]5CCCN5C(=O)[C@@H](NC(=O)OC)C(C)C)[nH]c4c3)N1c1cc(F)c(N3CCCC(c4ccccc4)C3)c(F)c1)CC=2)C(C)C. The summed E-state index contributed by atoms with van der Waals surface area (Å²) in [4.78, 5) is 77.3. The first kappa shape index (κ1) is 51.5. The monoisotopic (exact) mass is 1030 g/mol. The Hall–Kier alpha value is -6.98. The average Bonchev–Trinajstić information content (AvgIpc) is 4.29. The molecule has 2 aromatic heterocycles. The van der Waals surface area contributed by atoms with E-state index in [1.807, 2.05) is 62.9 Å². The molecule has 4 amide bonds. The van der Waals surface area contributed by atoms with Crippen molar-refractivity contribution in [3.05, 3.63) is 106 Å². The Balaban J connectivity index is 0.968. The van der Waals surface area contributed by atoms with E-state index in [0.29, 0.717) is 69.2 Å². The lowest BCUT2D eigenvalue weighted by Crippen LogP contribution is -2.51. The fourth-order valence-electron chi connectivity index (χ4n) is 12.6. The van der Waals surface area contributed by atoms with Gasteiger partial charge in [-0.3, -0.25) is 9.59 Å². The van der Waals surface area contributed by atoms with Gasteiger partial charge >= 0.3 is 12.2 Å². The van der Waals surface area contributed by atoms with Gasteiger partial charge < -0.3 is 49.7 Å². The number of halogens is 2. The first-order valence-electron chi connectivity index (χ1n) is 26.9. The maximum absolute atomic E-state index is 17.0. The first-order valence-corrected chi connectivity index (χ1v) is 26.9. The molecule has 18 heteroatoms. The second kappa shape index (κ2) is 21.7. The predicted molar refractivity (Wildman–Crippen MR) is 282 cm³/mol. The minimum atomic E-state index is -0.764. The highest BCUT2D eigenvalue weighted by molar-refractivity contribution is 5.87. The van der Waals surface area contributed by atoms with Crippen LogP contribution in [0.1, 0.15) is 132 Å². The number of amides is 4. The van der Waals surface area contributed by atoms with Gasteiger partial charge in [0.1, 0.15) is 29.4 Å². The number of piperidine rings is 1. The lowest BCUT2D eigenvalue weighted by atomic mass is 9.90. The molecule has 4 aliphatic heterocycles. The number of nitrogens with zero attached hydrogens (tertiary/aromatic N) is 6. The molecule has 75 heavy (non-hydrogen) atoms. The lowest BCUT2D eigenvalue weighted by Gasteiger charge is -2.38. The summed E-state index contributed by atoms with van der Waals surface area (Å²) in [6.07, 6.45) is 9.85. The maximum Gasteiger partial charge on any atom is 0.407 e. The number of hydrogen-bond acceptors (Lipinski definition) is 10. The third-order valence-corrected chi connectivity index (χ3v) is 16.4. The van der Waals surface area contributed by atoms with E-state index in [1.165, 1.54) is 31.9 Å². The second-order valence-corrected chi connectivity index (χ2v) is 21.7. The van der Waals surface area contributed by atoms with E-state index in [0.717, 1.165) is 59.4 Å². The molecular formula is C57H70F2N10O6. The van der Waals surface area contributed by atoms with Crippen molar-refractivity contribution in [3.63, 3.8) is 0 Å². The summed E-state index contributed by atoms with van der Waals surface area (Å²) < 4.78 is 43.6. The third kappa shape index (κ3) is 10.3. The average molecular weight is 1030 g/mol. The fraction of sp³-hybridized carbons (Fsp3) is 0.509. The Morgan fingerprint density at radius 2 is 1.31 bits per heavy atom. The number of imidazole rings is 2. The van der Waals surface area contributed by atoms with Crippen molar-refractivity contribution in [2.24, 2.45) is 17.8 Å². The maximum atomic E-state index is 17.0. The number of likely N-dealkylation sites (tertiary alicyclic amines) is 2. The molecule has 3 aromatic carbocycles. The number of aromatic nitrogens is 4. The van der Waals surface area contributed by atoms with E-state index in [-0.39, 0.29) is 65.3 Å². The summed E-state index contributed by atoms with van der Waals surface area (Å²) >= 11 is 0.